The molecule has 0 aliphatic carbocycles. The first-order chi connectivity index (χ1) is 10.1. The monoisotopic (exact) mass is 297 g/mol. The fourth-order valence-corrected chi connectivity index (χ4v) is 2.32. The van der Waals surface area contributed by atoms with Crippen molar-refractivity contribution < 1.29 is 4.79 Å². The smallest absolute Gasteiger partial charge is 0.257 e. The Morgan fingerprint density at radius 2 is 2.00 bits per heavy atom. The van der Waals surface area contributed by atoms with E-state index in [0.29, 0.717) is 22.0 Å². The van der Waals surface area contributed by atoms with Crippen LogP contribution in [0, 0.1) is 0 Å². The summed E-state index contributed by atoms with van der Waals surface area (Å²) in [5.74, 6) is -0.302. The first kappa shape index (κ1) is 13.4. The molecule has 3 N–H and O–H groups in total. The highest BCUT2D eigenvalue weighted by atomic mass is 35.5. The Kier molecular flexibility index (Phi) is 3.46. The first-order valence-corrected chi connectivity index (χ1v) is 6.73. The lowest BCUT2D eigenvalue weighted by Crippen LogP contribution is -2.13. The Labute approximate surface area is 126 Å². The quantitative estimate of drug-likeness (QED) is 0.708. The number of fused-ring (bicyclic) bond motifs is 1. The number of nitrogens with two attached hydrogens (primary N) is 1. The second-order valence-corrected chi connectivity index (χ2v) is 4.98. The normalized spacial score (nSPS) is 10.5. The topological polar surface area (TPSA) is 68.0 Å². The Hall–Kier alpha value is -2.59. The molecule has 0 bridgehead atoms. The molecule has 1 aromatic heterocycles. The molecule has 1 heterocycles. The van der Waals surface area contributed by atoms with Crippen LogP contribution in [0.5, 0.6) is 0 Å². The van der Waals surface area contributed by atoms with E-state index in [9.17, 15) is 4.79 Å². The standard InChI is InChI=1S/C16H12ClN3O/c17-13-7-6-10(18)9-12(13)16(21)20-15-5-1-4-14-11(15)3-2-8-19-14/h1-9H,18H2,(H,20,21). The maximum atomic E-state index is 12.4. The number of benzene rings is 2. The minimum Gasteiger partial charge on any atom is -0.399 e. The number of nitrogens with zero attached hydrogens (tertiary/aromatic N) is 1. The van der Waals surface area contributed by atoms with Gasteiger partial charge in [-0.25, -0.2) is 0 Å². The van der Waals surface area contributed by atoms with Gasteiger partial charge in [0.2, 0.25) is 0 Å². The predicted octanol–water partition coefficient (Wildman–Crippen LogP) is 3.72. The summed E-state index contributed by atoms with van der Waals surface area (Å²) < 4.78 is 0. The van der Waals surface area contributed by atoms with E-state index in [2.05, 4.69) is 10.3 Å². The number of hydrogen-bond acceptors (Lipinski definition) is 3. The van der Waals surface area contributed by atoms with Gasteiger partial charge < -0.3 is 11.1 Å². The Morgan fingerprint density at radius 3 is 2.86 bits per heavy atom. The van der Waals surface area contributed by atoms with Gasteiger partial charge in [-0.1, -0.05) is 17.7 Å². The van der Waals surface area contributed by atoms with E-state index < -0.39 is 0 Å². The average molecular weight is 298 g/mol. The third kappa shape index (κ3) is 2.66. The van der Waals surface area contributed by atoms with Crippen LogP contribution in [-0.4, -0.2) is 10.9 Å². The summed E-state index contributed by atoms with van der Waals surface area (Å²) in [6.45, 7) is 0. The first-order valence-electron chi connectivity index (χ1n) is 6.35. The summed E-state index contributed by atoms with van der Waals surface area (Å²) in [6.07, 6.45) is 1.71. The van der Waals surface area contributed by atoms with Crippen LogP contribution in [0.1, 0.15) is 10.4 Å². The van der Waals surface area contributed by atoms with E-state index in [1.807, 2.05) is 30.3 Å². The lowest BCUT2D eigenvalue weighted by molar-refractivity contribution is 0.102. The van der Waals surface area contributed by atoms with E-state index in [0.717, 1.165) is 10.9 Å². The van der Waals surface area contributed by atoms with Crippen LogP contribution in [0.25, 0.3) is 10.9 Å². The molecule has 104 valence electrons. The fraction of sp³-hybridized carbons (Fsp3) is 0. The third-order valence-electron chi connectivity index (χ3n) is 3.13. The van der Waals surface area contributed by atoms with Crippen LogP contribution in [0.2, 0.25) is 5.02 Å². The minimum atomic E-state index is -0.302. The van der Waals surface area contributed by atoms with E-state index in [-0.39, 0.29) is 5.91 Å². The molecule has 0 aliphatic rings. The molecule has 2 aromatic carbocycles. The van der Waals surface area contributed by atoms with Crippen molar-refractivity contribution in [2.75, 3.05) is 11.1 Å². The van der Waals surface area contributed by atoms with Crippen LogP contribution in [0.4, 0.5) is 11.4 Å². The van der Waals surface area contributed by atoms with Gasteiger partial charge in [-0.2, -0.15) is 0 Å². The summed E-state index contributed by atoms with van der Waals surface area (Å²) >= 11 is 6.05. The van der Waals surface area contributed by atoms with Gasteiger partial charge in [0.05, 0.1) is 21.8 Å². The maximum absolute atomic E-state index is 12.4. The van der Waals surface area contributed by atoms with Gasteiger partial charge in [0, 0.05) is 17.3 Å². The van der Waals surface area contributed by atoms with Gasteiger partial charge in [-0.15, -0.1) is 0 Å². The van der Waals surface area contributed by atoms with Crippen molar-refractivity contribution in [3.05, 3.63) is 65.3 Å². The van der Waals surface area contributed by atoms with Crippen molar-refractivity contribution in [2.45, 2.75) is 0 Å². The summed E-state index contributed by atoms with van der Waals surface area (Å²) in [6, 6.07) is 14.1. The minimum absolute atomic E-state index is 0.302. The molecule has 0 aliphatic heterocycles. The summed E-state index contributed by atoms with van der Waals surface area (Å²) in [4.78, 5) is 16.6. The number of carbonyl (C=O) groups is 1. The Balaban J connectivity index is 1.99. The molecule has 3 rings (SSSR count). The van der Waals surface area contributed by atoms with Crippen molar-refractivity contribution in [2.24, 2.45) is 0 Å². The van der Waals surface area contributed by atoms with E-state index in [1.54, 1.807) is 24.4 Å². The maximum Gasteiger partial charge on any atom is 0.257 e. The number of anilines is 2. The summed E-state index contributed by atoms with van der Waals surface area (Å²) in [7, 11) is 0. The molecule has 0 saturated heterocycles. The Bertz CT molecular complexity index is 827. The molecule has 0 fully saturated rings. The Morgan fingerprint density at radius 1 is 1.14 bits per heavy atom. The summed E-state index contributed by atoms with van der Waals surface area (Å²) in [5.41, 5.74) is 8.03. The number of pyridine rings is 1. The zero-order valence-electron chi connectivity index (χ0n) is 11.0. The van der Waals surface area contributed by atoms with Crippen molar-refractivity contribution in [3.63, 3.8) is 0 Å². The zero-order valence-corrected chi connectivity index (χ0v) is 11.8. The lowest BCUT2D eigenvalue weighted by atomic mass is 10.1. The fourth-order valence-electron chi connectivity index (χ4n) is 2.12. The van der Waals surface area contributed by atoms with Crippen LogP contribution < -0.4 is 11.1 Å². The largest absolute Gasteiger partial charge is 0.399 e. The molecular formula is C16H12ClN3O. The lowest BCUT2D eigenvalue weighted by Gasteiger charge is -2.09. The number of hydrogen-bond donors (Lipinski definition) is 2. The highest BCUT2D eigenvalue weighted by molar-refractivity contribution is 6.34. The third-order valence-corrected chi connectivity index (χ3v) is 3.46. The number of rotatable bonds is 2. The molecule has 1 amide bonds. The van der Waals surface area contributed by atoms with Crippen LogP contribution in [0.15, 0.2) is 54.7 Å². The number of carbonyl (C=O) groups excluding carboxylic acids is 1. The van der Waals surface area contributed by atoms with Gasteiger partial charge in [-0.05, 0) is 42.5 Å². The zero-order chi connectivity index (χ0) is 14.8. The van der Waals surface area contributed by atoms with Crippen LogP contribution >= 0.6 is 11.6 Å². The van der Waals surface area contributed by atoms with Gasteiger partial charge in [-0.3, -0.25) is 9.78 Å². The molecule has 0 radical (unpaired) electrons. The molecule has 0 atom stereocenters. The van der Waals surface area contributed by atoms with Gasteiger partial charge in [0.25, 0.3) is 5.91 Å². The molecule has 3 aromatic rings. The van der Waals surface area contributed by atoms with E-state index >= 15 is 0 Å². The number of nitrogens with one attached hydrogen (secondary N) is 1. The molecule has 21 heavy (non-hydrogen) atoms. The highest BCUT2D eigenvalue weighted by Gasteiger charge is 2.12. The summed E-state index contributed by atoms with van der Waals surface area (Å²) in [5, 5.41) is 4.08. The van der Waals surface area contributed by atoms with Crippen LogP contribution in [0.3, 0.4) is 0 Å². The van der Waals surface area contributed by atoms with Gasteiger partial charge in [0.1, 0.15) is 0 Å². The van der Waals surface area contributed by atoms with Crippen molar-refractivity contribution in [1.29, 1.82) is 0 Å². The van der Waals surface area contributed by atoms with E-state index in [4.69, 9.17) is 17.3 Å². The molecule has 0 spiro atoms. The van der Waals surface area contributed by atoms with E-state index in [1.165, 1.54) is 0 Å². The van der Waals surface area contributed by atoms with Crippen molar-refractivity contribution >= 4 is 39.8 Å². The van der Waals surface area contributed by atoms with Crippen molar-refractivity contribution in [3.8, 4) is 0 Å². The molecular weight excluding hydrogens is 286 g/mol. The number of amides is 1. The molecule has 5 heteroatoms. The SMILES string of the molecule is Nc1ccc(Cl)c(C(=O)Nc2cccc3ncccc23)c1. The second kappa shape index (κ2) is 5.42. The number of halogens is 1. The molecule has 0 saturated carbocycles. The number of nitrogen functional groups attached to an aromatic ring is 1. The van der Waals surface area contributed by atoms with Crippen molar-refractivity contribution in [1.82, 2.24) is 4.98 Å². The van der Waals surface area contributed by atoms with Crippen LogP contribution in [-0.2, 0) is 0 Å². The molecule has 0 unspecified atom stereocenters. The second-order valence-electron chi connectivity index (χ2n) is 4.57. The molecule has 4 nitrogen and oxygen atoms in total. The van der Waals surface area contributed by atoms with Gasteiger partial charge in [0.15, 0.2) is 0 Å². The predicted molar refractivity (Wildman–Crippen MR) is 85.6 cm³/mol. The average Bonchev–Trinajstić information content (AvgIpc) is 2.50. The van der Waals surface area contributed by atoms with Gasteiger partial charge >= 0.3 is 0 Å². The number of aromatic nitrogens is 1. The highest BCUT2D eigenvalue weighted by Crippen LogP contribution is 2.24.